The number of benzene rings is 1. The van der Waals surface area contributed by atoms with Crippen LogP contribution in [-0.2, 0) is 11.3 Å². The Morgan fingerprint density at radius 1 is 1.17 bits per heavy atom. The van der Waals surface area contributed by atoms with Gasteiger partial charge in [0.1, 0.15) is 12.8 Å². The van der Waals surface area contributed by atoms with Gasteiger partial charge in [-0.1, -0.05) is 30.3 Å². The van der Waals surface area contributed by atoms with Gasteiger partial charge in [0, 0.05) is 24.7 Å². The number of hydrogen-bond donors (Lipinski definition) is 1. The van der Waals surface area contributed by atoms with Crippen LogP contribution in [0.5, 0.6) is 5.75 Å². The lowest BCUT2D eigenvalue weighted by Crippen LogP contribution is -2.65. The van der Waals surface area contributed by atoms with Gasteiger partial charge in [0.25, 0.3) is 5.91 Å². The van der Waals surface area contributed by atoms with E-state index < -0.39 is 0 Å². The summed E-state index contributed by atoms with van der Waals surface area (Å²) in [5.41, 5.74) is 4.32. The van der Waals surface area contributed by atoms with E-state index in [0.717, 1.165) is 31.2 Å². The quantitative estimate of drug-likeness (QED) is 0.865. The Morgan fingerprint density at radius 3 is 2.86 bits per heavy atom. The molecule has 150 valence electrons. The summed E-state index contributed by atoms with van der Waals surface area (Å²) in [7, 11) is 0. The summed E-state index contributed by atoms with van der Waals surface area (Å²) in [4.78, 5) is 27.8. The fraction of sp³-hybridized carbons (Fsp3) is 0.455. The normalized spacial score (nSPS) is 31.7. The third-order valence-electron chi connectivity index (χ3n) is 6.99. The summed E-state index contributed by atoms with van der Waals surface area (Å²) in [5, 5.41) is 0. The zero-order valence-electron chi connectivity index (χ0n) is 16.0. The third kappa shape index (κ3) is 2.46. The Morgan fingerprint density at radius 2 is 2.03 bits per heavy atom. The molecule has 5 heterocycles. The van der Waals surface area contributed by atoms with Crippen LogP contribution in [0.2, 0.25) is 0 Å². The molecule has 4 aliphatic rings. The summed E-state index contributed by atoms with van der Waals surface area (Å²) in [6.07, 6.45) is 5.88. The summed E-state index contributed by atoms with van der Waals surface area (Å²) < 4.78 is 13.8. The number of hydrogen-bond acceptors (Lipinski definition) is 5. The van der Waals surface area contributed by atoms with Crippen molar-refractivity contribution in [3.8, 4) is 5.75 Å². The van der Waals surface area contributed by atoms with Crippen LogP contribution in [0.4, 0.5) is 0 Å². The molecule has 1 spiro atoms. The lowest BCUT2D eigenvalue weighted by atomic mass is 9.72. The summed E-state index contributed by atoms with van der Waals surface area (Å²) in [5.74, 6) is 0.240. The number of aromatic nitrogens is 1. The molecule has 4 atom stereocenters. The number of nitrogens with one attached hydrogen (secondary N) is 1. The minimum atomic E-state index is -0.280. The highest BCUT2D eigenvalue weighted by Crippen LogP contribution is 2.54. The Hall–Kier alpha value is -2.80. The molecule has 0 saturated carbocycles. The van der Waals surface area contributed by atoms with E-state index in [-0.39, 0.29) is 47.1 Å². The number of piperidine rings is 1. The van der Waals surface area contributed by atoms with Crippen LogP contribution in [0.15, 0.2) is 47.4 Å². The smallest absolute Gasteiger partial charge is 0.278 e. The molecule has 3 saturated heterocycles. The zero-order valence-corrected chi connectivity index (χ0v) is 16.0. The predicted molar refractivity (Wildman–Crippen MR) is 105 cm³/mol. The molecule has 29 heavy (non-hydrogen) atoms. The molecule has 0 unspecified atom stereocenters. The van der Waals surface area contributed by atoms with E-state index in [1.165, 1.54) is 6.07 Å². The Kier molecular flexibility index (Phi) is 3.59. The first kappa shape index (κ1) is 17.1. The van der Waals surface area contributed by atoms with E-state index in [1.807, 2.05) is 35.2 Å². The van der Waals surface area contributed by atoms with Gasteiger partial charge in [-0.15, -0.1) is 0 Å². The third-order valence-corrected chi connectivity index (χ3v) is 6.99. The van der Waals surface area contributed by atoms with Crippen molar-refractivity contribution in [1.82, 2.24) is 9.58 Å². The molecule has 7 heteroatoms. The number of carbonyl (C=O) groups is 1. The van der Waals surface area contributed by atoms with Crippen molar-refractivity contribution in [1.29, 1.82) is 0 Å². The molecule has 6 rings (SSSR count). The van der Waals surface area contributed by atoms with Gasteiger partial charge in [-0.3, -0.25) is 14.3 Å². The van der Waals surface area contributed by atoms with E-state index in [9.17, 15) is 9.59 Å². The van der Waals surface area contributed by atoms with E-state index in [2.05, 4.69) is 5.43 Å². The first-order chi connectivity index (χ1) is 14.1. The average molecular weight is 393 g/mol. The molecule has 4 aliphatic heterocycles. The van der Waals surface area contributed by atoms with Gasteiger partial charge < -0.3 is 19.8 Å². The molecule has 1 aromatic carbocycles. The van der Waals surface area contributed by atoms with Gasteiger partial charge in [0.05, 0.1) is 11.7 Å². The largest absolute Gasteiger partial charge is 0.482 e. The number of amides is 1. The van der Waals surface area contributed by atoms with Crippen molar-refractivity contribution in [2.24, 2.45) is 5.92 Å². The number of carbonyl (C=O) groups excluding carboxylic acids is 1. The monoisotopic (exact) mass is 393 g/mol. The lowest BCUT2D eigenvalue weighted by molar-refractivity contribution is -0.0655. The first-order valence-electron chi connectivity index (χ1n) is 10.3. The van der Waals surface area contributed by atoms with Gasteiger partial charge in [-0.2, -0.15) is 0 Å². The van der Waals surface area contributed by atoms with Crippen molar-refractivity contribution in [3.05, 3.63) is 64.1 Å². The molecule has 1 N–H and O–H groups in total. The van der Waals surface area contributed by atoms with Crippen molar-refractivity contribution in [3.63, 3.8) is 0 Å². The fourth-order valence-corrected chi connectivity index (χ4v) is 5.61. The highest BCUT2D eigenvalue weighted by atomic mass is 16.5. The van der Waals surface area contributed by atoms with Gasteiger partial charge >= 0.3 is 0 Å². The van der Waals surface area contributed by atoms with Gasteiger partial charge in [0.15, 0.2) is 11.4 Å². The number of ether oxygens (including phenoxy) is 2. The molecule has 3 fully saturated rings. The van der Waals surface area contributed by atoms with Crippen molar-refractivity contribution >= 4 is 5.91 Å². The van der Waals surface area contributed by atoms with Crippen molar-refractivity contribution in [2.75, 3.05) is 12.0 Å². The maximum atomic E-state index is 13.4. The van der Waals surface area contributed by atoms with E-state index >= 15 is 0 Å². The number of fused-ring (bicyclic) bond motifs is 4. The van der Waals surface area contributed by atoms with E-state index in [0.29, 0.717) is 12.6 Å². The van der Waals surface area contributed by atoms with Crippen LogP contribution >= 0.6 is 0 Å². The average Bonchev–Trinajstić information content (AvgIpc) is 3.32. The molecule has 1 aromatic heterocycles. The molecule has 7 nitrogen and oxygen atoms in total. The molecular weight excluding hydrogens is 370 g/mol. The Balaban J connectivity index is 1.34. The minimum absolute atomic E-state index is 0.0949. The van der Waals surface area contributed by atoms with Crippen LogP contribution in [0.1, 0.15) is 41.7 Å². The number of nitrogens with zero attached hydrogens (tertiary/aromatic N) is 2. The summed E-state index contributed by atoms with van der Waals surface area (Å²) in [6, 6.07) is 11.1. The maximum absolute atomic E-state index is 13.4. The van der Waals surface area contributed by atoms with E-state index in [4.69, 9.17) is 9.47 Å². The molecule has 2 aromatic rings. The van der Waals surface area contributed by atoms with Crippen molar-refractivity contribution < 1.29 is 14.3 Å². The van der Waals surface area contributed by atoms with Gasteiger partial charge in [-0.25, -0.2) is 0 Å². The van der Waals surface area contributed by atoms with Crippen molar-refractivity contribution in [2.45, 2.75) is 50.2 Å². The first-order valence-corrected chi connectivity index (χ1v) is 10.3. The number of pyridine rings is 1. The topological polar surface area (TPSA) is 72.8 Å². The second kappa shape index (κ2) is 6.10. The SMILES string of the molecule is O=C1c2c(OCc3ccccc3)c(=O)ccn2N[C@H]2[C@@H]3C[C@@H]4CC[C@]3(CCN12)O4. The van der Waals surface area contributed by atoms with Crippen LogP contribution in [0.25, 0.3) is 0 Å². The van der Waals surface area contributed by atoms with Crippen LogP contribution in [-0.4, -0.2) is 39.9 Å². The Bertz CT molecular complexity index is 1040. The second-order valence-electron chi connectivity index (χ2n) is 8.51. The molecule has 0 aliphatic carbocycles. The van der Waals surface area contributed by atoms with Gasteiger partial charge in [0.2, 0.25) is 5.43 Å². The second-order valence-corrected chi connectivity index (χ2v) is 8.51. The van der Waals surface area contributed by atoms with Gasteiger partial charge in [-0.05, 0) is 31.2 Å². The van der Waals surface area contributed by atoms with Crippen LogP contribution in [0.3, 0.4) is 0 Å². The predicted octanol–water partition coefficient (Wildman–Crippen LogP) is 2.09. The highest BCUT2D eigenvalue weighted by molar-refractivity contribution is 5.96. The van der Waals surface area contributed by atoms with Crippen LogP contribution < -0.4 is 15.6 Å². The minimum Gasteiger partial charge on any atom is -0.482 e. The molecule has 2 bridgehead atoms. The molecule has 1 amide bonds. The standard InChI is InChI=1S/C22H23N3O4/c26-17-7-10-25-18(19(17)28-13-14-4-2-1-3-5-14)21(27)24-11-9-22-8-6-15(29-22)12-16(22)20(24)23-25/h1-5,7,10,15-16,20,23H,6,8-9,11-13H2/t15-,16-,20+,22+/m0/s1. The molecular formula is C22H23N3O4. The fourth-order valence-electron chi connectivity index (χ4n) is 5.61. The zero-order chi connectivity index (χ0) is 19.6. The van der Waals surface area contributed by atoms with Crippen LogP contribution in [0, 0.1) is 5.92 Å². The maximum Gasteiger partial charge on any atom is 0.278 e. The summed E-state index contributed by atoms with van der Waals surface area (Å²) in [6.45, 7) is 0.867. The Labute approximate surface area is 168 Å². The van der Waals surface area contributed by atoms with E-state index in [1.54, 1.807) is 10.9 Å². The molecule has 0 radical (unpaired) electrons. The summed E-state index contributed by atoms with van der Waals surface area (Å²) >= 11 is 0. The lowest BCUT2D eigenvalue weighted by Gasteiger charge is -2.51. The number of rotatable bonds is 3. The highest BCUT2D eigenvalue weighted by Gasteiger charge is 2.60.